The number of nitrogen functional groups attached to an aromatic ring is 1. The van der Waals surface area contributed by atoms with E-state index in [1.165, 1.54) is 19.2 Å². The SMILES string of the molecule is CNCC1CCC(c2nc(-c3cc4ccccc4[nH]3)c3c(N)ncnn23)CC1.O=COCc1ccccc1. The lowest BCUT2D eigenvalue weighted by Crippen LogP contribution is -2.24. The second-order valence-electron chi connectivity index (χ2n) is 9.66. The molecule has 0 bridgehead atoms. The maximum Gasteiger partial charge on any atom is 0.293 e. The monoisotopic (exact) mass is 511 g/mol. The van der Waals surface area contributed by atoms with E-state index < -0.39 is 0 Å². The average molecular weight is 512 g/mol. The van der Waals surface area contributed by atoms with Gasteiger partial charge in [-0.15, -0.1) is 0 Å². The minimum atomic E-state index is 0.365. The number of aromatic nitrogens is 5. The molecule has 4 N–H and O–H groups in total. The van der Waals surface area contributed by atoms with E-state index in [1.807, 2.05) is 54.0 Å². The van der Waals surface area contributed by atoms with Crippen molar-refractivity contribution >= 4 is 28.7 Å². The maximum absolute atomic E-state index is 9.76. The van der Waals surface area contributed by atoms with Gasteiger partial charge in [-0.2, -0.15) is 5.10 Å². The van der Waals surface area contributed by atoms with Crippen LogP contribution in [0.2, 0.25) is 0 Å². The molecular formula is C29H33N7O2. The molecule has 0 atom stereocenters. The van der Waals surface area contributed by atoms with Gasteiger partial charge in [0.15, 0.2) is 5.82 Å². The van der Waals surface area contributed by atoms with Crippen LogP contribution in [0, 0.1) is 5.92 Å². The summed E-state index contributed by atoms with van der Waals surface area (Å²) in [4.78, 5) is 22.5. The first-order valence-electron chi connectivity index (χ1n) is 13.0. The van der Waals surface area contributed by atoms with Crippen molar-refractivity contribution in [3.63, 3.8) is 0 Å². The number of ether oxygens (including phenoxy) is 1. The topological polar surface area (TPSA) is 123 Å². The standard InChI is InChI=1S/C21H25N7.C8H8O2/c1-23-11-13-6-8-14(9-7-13)21-27-18(19-20(22)24-12-25-28(19)21)17-10-15-4-2-3-5-16(15)26-17;9-7-10-6-8-4-2-1-3-5-8/h2-5,10,12-14,23,26H,6-9,11H2,1H3,(H2,22,24,25);1-5,7H,6H2. The number of nitrogens with zero attached hydrogens (tertiary/aromatic N) is 4. The quantitative estimate of drug-likeness (QED) is 0.270. The molecule has 0 spiro atoms. The number of para-hydroxylation sites is 1. The van der Waals surface area contributed by atoms with Crippen LogP contribution in [-0.2, 0) is 16.1 Å². The molecule has 3 heterocycles. The van der Waals surface area contributed by atoms with E-state index in [0.29, 0.717) is 24.8 Å². The van der Waals surface area contributed by atoms with Crippen LogP contribution in [0.15, 0.2) is 67.0 Å². The smallest absolute Gasteiger partial charge is 0.293 e. The number of nitrogens with two attached hydrogens (primary N) is 1. The molecule has 0 saturated heterocycles. The molecule has 6 rings (SSSR count). The Morgan fingerprint density at radius 3 is 2.61 bits per heavy atom. The first-order valence-corrected chi connectivity index (χ1v) is 13.0. The summed E-state index contributed by atoms with van der Waals surface area (Å²) in [6.07, 6.45) is 6.20. The molecule has 0 unspecified atom stereocenters. The first kappa shape index (κ1) is 25.4. The van der Waals surface area contributed by atoms with Crippen molar-refractivity contribution in [2.45, 2.75) is 38.2 Å². The number of nitrogens with one attached hydrogen (secondary N) is 2. The number of imidazole rings is 1. The van der Waals surface area contributed by atoms with Gasteiger partial charge in [0.05, 0.1) is 5.69 Å². The van der Waals surface area contributed by atoms with Crippen molar-refractivity contribution in [2.75, 3.05) is 19.3 Å². The number of H-pyrrole nitrogens is 1. The summed E-state index contributed by atoms with van der Waals surface area (Å²) in [7, 11) is 2.03. The third-order valence-electron chi connectivity index (χ3n) is 7.14. The van der Waals surface area contributed by atoms with Gasteiger partial charge in [-0.3, -0.25) is 4.79 Å². The molecular weight excluding hydrogens is 478 g/mol. The highest BCUT2D eigenvalue weighted by atomic mass is 16.5. The fraction of sp³-hybridized carbons (Fsp3) is 0.310. The summed E-state index contributed by atoms with van der Waals surface area (Å²) in [5, 5.41) is 8.97. The molecule has 0 amide bonds. The normalized spacial score (nSPS) is 17.2. The zero-order valence-electron chi connectivity index (χ0n) is 21.5. The van der Waals surface area contributed by atoms with Crippen molar-refractivity contribution in [3.05, 3.63) is 78.4 Å². The number of hydrogen-bond donors (Lipinski definition) is 3. The fourth-order valence-corrected chi connectivity index (χ4v) is 5.25. The molecule has 1 aliphatic rings. The van der Waals surface area contributed by atoms with Crippen molar-refractivity contribution in [1.29, 1.82) is 0 Å². The molecule has 9 heteroatoms. The summed E-state index contributed by atoms with van der Waals surface area (Å²) in [5.74, 6) is 2.61. The number of hydrogen-bond acceptors (Lipinski definition) is 7. The second-order valence-corrected chi connectivity index (χ2v) is 9.66. The van der Waals surface area contributed by atoms with Gasteiger partial charge in [-0.1, -0.05) is 48.5 Å². The highest BCUT2D eigenvalue weighted by Crippen LogP contribution is 2.38. The van der Waals surface area contributed by atoms with Crippen LogP contribution in [0.3, 0.4) is 0 Å². The van der Waals surface area contributed by atoms with E-state index in [4.69, 9.17) is 10.7 Å². The number of anilines is 1. The van der Waals surface area contributed by atoms with Crippen LogP contribution in [-0.4, -0.2) is 44.6 Å². The molecule has 5 aromatic rings. The lowest BCUT2D eigenvalue weighted by molar-refractivity contribution is -0.129. The predicted molar refractivity (Wildman–Crippen MR) is 148 cm³/mol. The first-order chi connectivity index (χ1) is 18.7. The van der Waals surface area contributed by atoms with Crippen LogP contribution in [0.5, 0.6) is 0 Å². The van der Waals surface area contributed by atoms with Crippen LogP contribution < -0.4 is 11.1 Å². The molecule has 0 aliphatic heterocycles. The lowest BCUT2D eigenvalue weighted by Gasteiger charge is -2.27. The van der Waals surface area contributed by atoms with E-state index in [1.54, 1.807) is 0 Å². The van der Waals surface area contributed by atoms with Gasteiger partial charge >= 0.3 is 0 Å². The summed E-state index contributed by atoms with van der Waals surface area (Å²) in [6, 6.07) is 19.9. The third kappa shape index (κ3) is 5.52. The Bertz CT molecular complexity index is 1450. The maximum atomic E-state index is 9.76. The van der Waals surface area contributed by atoms with Crippen LogP contribution >= 0.6 is 0 Å². The third-order valence-corrected chi connectivity index (χ3v) is 7.14. The Balaban J connectivity index is 0.000000249. The fourth-order valence-electron chi connectivity index (χ4n) is 5.25. The number of aromatic amines is 1. The van der Waals surface area contributed by atoms with E-state index in [-0.39, 0.29) is 0 Å². The van der Waals surface area contributed by atoms with Crippen molar-refractivity contribution in [2.24, 2.45) is 5.92 Å². The van der Waals surface area contributed by atoms with Crippen LogP contribution in [0.1, 0.15) is 43.0 Å². The van der Waals surface area contributed by atoms with E-state index >= 15 is 0 Å². The average Bonchev–Trinajstić information content (AvgIpc) is 3.56. The van der Waals surface area contributed by atoms with Crippen molar-refractivity contribution in [1.82, 2.24) is 29.9 Å². The number of carbonyl (C=O) groups excluding carboxylic acids is 1. The van der Waals surface area contributed by atoms with Gasteiger partial charge in [0.25, 0.3) is 6.47 Å². The molecule has 196 valence electrons. The Morgan fingerprint density at radius 2 is 1.87 bits per heavy atom. The zero-order valence-corrected chi connectivity index (χ0v) is 21.5. The molecule has 9 nitrogen and oxygen atoms in total. The Kier molecular flexibility index (Phi) is 7.94. The van der Waals surface area contributed by atoms with Gasteiger partial charge in [0.1, 0.15) is 30.0 Å². The molecule has 1 saturated carbocycles. The highest BCUT2D eigenvalue weighted by molar-refractivity contribution is 5.91. The van der Waals surface area contributed by atoms with Crippen molar-refractivity contribution in [3.8, 4) is 11.4 Å². The summed E-state index contributed by atoms with van der Waals surface area (Å²) >= 11 is 0. The van der Waals surface area contributed by atoms with Gasteiger partial charge in [0.2, 0.25) is 0 Å². The molecule has 0 radical (unpaired) electrons. The second kappa shape index (κ2) is 11.9. The van der Waals surface area contributed by atoms with Crippen LogP contribution in [0.4, 0.5) is 5.82 Å². The largest absolute Gasteiger partial charge is 0.463 e. The minimum absolute atomic E-state index is 0.365. The van der Waals surface area contributed by atoms with Gasteiger partial charge in [-0.25, -0.2) is 14.5 Å². The molecule has 3 aromatic heterocycles. The molecule has 1 aliphatic carbocycles. The highest BCUT2D eigenvalue weighted by Gasteiger charge is 2.28. The summed E-state index contributed by atoms with van der Waals surface area (Å²) in [6.45, 7) is 1.90. The van der Waals surface area contributed by atoms with Gasteiger partial charge < -0.3 is 20.8 Å². The van der Waals surface area contributed by atoms with Gasteiger partial charge in [0, 0.05) is 16.8 Å². The Hall–Kier alpha value is -4.24. The van der Waals surface area contributed by atoms with E-state index in [0.717, 1.165) is 64.5 Å². The zero-order chi connectivity index (χ0) is 26.3. The summed E-state index contributed by atoms with van der Waals surface area (Å²) in [5.41, 5.74) is 10.9. The number of carbonyl (C=O) groups is 1. The Morgan fingerprint density at radius 1 is 1.11 bits per heavy atom. The minimum Gasteiger partial charge on any atom is -0.463 e. The molecule has 2 aromatic carbocycles. The van der Waals surface area contributed by atoms with Crippen molar-refractivity contribution < 1.29 is 9.53 Å². The number of benzene rings is 2. The number of fused-ring (bicyclic) bond motifs is 2. The van der Waals surface area contributed by atoms with E-state index in [9.17, 15) is 4.79 Å². The summed E-state index contributed by atoms with van der Waals surface area (Å²) < 4.78 is 6.45. The lowest BCUT2D eigenvalue weighted by atomic mass is 9.81. The van der Waals surface area contributed by atoms with Crippen LogP contribution in [0.25, 0.3) is 27.8 Å². The van der Waals surface area contributed by atoms with E-state index in [2.05, 4.69) is 43.3 Å². The number of rotatable bonds is 7. The molecule has 1 fully saturated rings. The molecule has 38 heavy (non-hydrogen) atoms. The Labute approximate surface area is 221 Å². The predicted octanol–water partition coefficient (Wildman–Crippen LogP) is 4.71. The van der Waals surface area contributed by atoms with Gasteiger partial charge in [-0.05, 0) is 62.9 Å².